The van der Waals surface area contributed by atoms with E-state index >= 15 is 0 Å². The summed E-state index contributed by atoms with van der Waals surface area (Å²) in [5.41, 5.74) is 2.09. The molecule has 1 aromatic heterocycles. The Kier molecular flexibility index (Phi) is 29.3. The van der Waals surface area contributed by atoms with Crippen LogP contribution in [0, 0.1) is 0 Å². The number of halogens is 1. The highest BCUT2D eigenvalue weighted by atomic mass is 79.9. The van der Waals surface area contributed by atoms with Crippen LogP contribution in [0.2, 0.25) is 0 Å². The lowest BCUT2D eigenvalue weighted by Gasteiger charge is -2.29. The van der Waals surface area contributed by atoms with Crippen LogP contribution in [0.4, 0.5) is 9.59 Å². The van der Waals surface area contributed by atoms with Crippen molar-refractivity contribution in [1.29, 1.82) is 0 Å². The van der Waals surface area contributed by atoms with Crippen LogP contribution in [0.1, 0.15) is 136 Å². The van der Waals surface area contributed by atoms with E-state index in [-0.39, 0.29) is 42.3 Å². The Morgan fingerprint density at radius 2 is 1.36 bits per heavy atom. The molecule has 0 saturated carbocycles. The second kappa shape index (κ2) is 30.3. The lowest BCUT2D eigenvalue weighted by Crippen LogP contribution is -3.00. The van der Waals surface area contributed by atoms with Crippen molar-refractivity contribution in [3.05, 3.63) is 17.1 Å². The van der Waals surface area contributed by atoms with Crippen molar-refractivity contribution < 1.29 is 45.3 Å². The maximum absolute atomic E-state index is 12.9. The Bertz CT molecular complexity index is 785. The Balaban J connectivity index is 0.0000185. The highest BCUT2D eigenvalue weighted by Gasteiger charge is 2.25. The molecule has 1 aromatic rings. The summed E-state index contributed by atoms with van der Waals surface area (Å²) >= 11 is 1.68. The fourth-order valence-electron chi connectivity index (χ4n) is 5.04. The number of unbranched alkanes of at least 4 members (excludes halogenated alkanes) is 16. The molecule has 2 amide bonds. The van der Waals surface area contributed by atoms with Crippen LogP contribution in [0.25, 0.3) is 0 Å². The smallest absolute Gasteiger partial charge is 0.410 e. The number of aromatic nitrogens is 1. The number of carbonyl (C=O) groups excluding carboxylic acids is 2. The van der Waals surface area contributed by atoms with E-state index in [2.05, 4.69) is 33.9 Å². The molecule has 8 nitrogen and oxygen atoms in total. The van der Waals surface area contributed by atoms with Crippen molar-refractivity contribution in [3.8, 4) is 0 Å². The van der Waals surface area contributed by atoms with Crippen LogP contribution in [-0.4, -0.2) is 62.6 Å². The molecule has 0 aromatic carbocycles. The Hall–Kier alpha value is -1.39. The Morgan fingerprint density at radius 3 is 1.86 bits per heavy atom. The molecule has 1 unspecified atom stereocenters. The second-order valence-corrected chi connectivity index (χ2v) is 12.7. The quantitative estimate of drug-likeness (QED) is 0.0898. The van der Waals surface area contributed by atoms with Crippen LogP contribution in [-0.2, 0) is 20.8 Å². The third-order valence-electron chi connectivity index (χ3n) is 7.75. The van der Waals surface area contributed by atoms with E-state index in [1.807, 2.05) is 13.8 Å². The first-order chi connectivity index (χ1) is 21.0. The number of aryl methyl sites for hydroxylation is 1. The minimum Gasteiger partial charge on any atom is -1.00 e. The molecule has 0 fully saturated rings. The number of ether oxygens (including phenoxy) is 3. The van der Waals surface area contributed by atoms with E-state index in [0.717, 1.165) is 32.2 Å². The number of hydrogen-bond acceptors (Lipinski definition) is 6. The standard InChI is InChI=1S/C34H63N3O5S.BrH/c1-5-6-7-8-9-10-11-12-13-14-15-16-17-18-19-21-26-41-34(39)37(31(2)3)28-32(42-33(38)35-4)29-40-25-22-20-23-36-24-27-43-30-36;/h24,27,30-32H,5-23,25-26,28-29H2,1-4H3;1H. The molecule has 1 N–H and O–H groups in total. The molecule has 10 heteroatoms. The molecule has 0 aliphatic carbocycles. The van der Waals surface area contributed by atoms with Gasteiger partial charge < -0.3 is 41.4 Å². The lowest BCUT2D eigenvalue weighted by atomic mass is 10.0. The molecule has 0 aliphatic heterocycles. The predicted octanol–water partition coefficient (Wildman–Crippen LogP) is 5.67. The van der Waals surface area contributed by atoms with Crippen LogP contribution in [0.3, 0.4) is 0 Å². The highest BCUT2D eigenvalue weighted by molar-refractivity contribution is 7.07. The zero-order valence-corrected chi connectivity index (χ0v) is 30.8. The van der Waals surface area contributed by atoms with Gasteiger partial charge in [0.1, 0.15) is 12.6 Å². The van der Waals surface area contributed by atoms with Crippen molar-refractivity contribution in [2.75, 3.05) is 33.4 Å². The summed E-state index contributed by atoms with van der Waals surface area (Å²) in [4.78, 5) is 26.4. The molecular formula is C34H64BrN3O5S. The number of amides is 2. The summed E-state index contributed by atoms with van der Waals surface area (Å²) in [6.45, 7) is 8.56. The van der Waals surface area contributed by atoms with Crippen molar-refractivity contribution in [2.24, 2.45) is 0 Å². The minimum atomic E-state index is -0.573. The fourth-order valence-corrected chi connectivity index (χ4v) is 5.67. The monoisotopic (exact) mass is 705 g/mol. The van der Waals surface area contributed by atoms with Gasteiger partial charge in [0, 0.05) is 26.1 Å². The van der Waals surface area contributed by atoms with E-state index in [4.69, 9.17) is 14.2 Å². The summed E-state index contributed by atoms with van der Waals surface area (Å²) in [5, 5.41) is 4.55. The van der Waals surface area contributed by atoms with Crippen LogP contribution >= 0.6 is 11.3 Å². The third-order valence-corrected chi connectivity index (χ3v) is 8.42. The molecule has 1 atom stereocenters. The van der Waals surface area contributed by atoms with Gasteiger partial charge in [-0.3, -0.25) is 0 Å². The van der Waals surface area contributed by atoms with Gasteiger partial charge in [0.15, 0.2) is 6.20 Å². The number of thiazole rings is 1. The highest BCUT2D eigenvalue weighted by Crippen LogP contribution is 2.14. The maximum Gasteiger partial charge on any atom is 0.410 e. The first-order valence-electron chi connectivity index (χ1n) is 17.3. The van der Waals surface area contributed by atoms with Crippen molar-refractivity contribution >= 4 is 23.5 Å². The number of hydrogen-bond donors (Lipinski definition) is 1. The molecule has 258 valence electrons. The molecule has 0 bridgehead atoms. The molecule has 0 radical (unpaired) electrons. The van der Waals surface area contributed by atoms with Crippen molar-refractivity contribution in [3.63, 3.8) is 0 Å². The number of alkyl carbamates (subject to hydrolysis) is 1. The van der Waals surface area contributed by atoms with E-state index in [1.54, 1.807) is 16.2 Å². The van der Waals surface area contributed by atoms with Crippen molar-refractivity contribution in [1.82, 2.24) is 10.2 Å². The molecule has 44 heavy (non-hydrogen) atoms. The number of nitrogens with one attached hydrogen (secondary N) is 1. The van der Waals surface area contributed by atoms with E-state index < -0.39 is 12.2 Å². The Labute approximate surface area is 283 Å². The second-order valence-electron chi connectivity index (χ2n) is 12.0. The van der Waals surface area contributed by atoms with Crippen molar-refractivity contribution in [2.45, 2.75) is 155 Å². The van der Waals surface area contributed by atoms with Gasteiger partial charge >= 0.3 is 12.2 Å². The third kappa shape index (κ3) is 23.9. The molecule has 1 heterocycles. The van der Waals surface area contributed by atoms with Crippen LogP contribution in [0.15, 0.2) is 17.1 Å². The van der Waals surface area contributed by atoms with Gasteiger partial charge in [0.25, 0.3) is 0 Å². The lowest BCUT2D eigenvalue weighted by molar-refractivity contribution is -0.692. The van der Waals surface area contributed by atoms with Gasteiger partial charge in [-0.25, -0.2) is 9.59 Å². The topological polar surface area (TPSA) is 81.0 Å². The fraction of sp³-hybridized carbons (Fsp3) is 0.853. The first-order valence-corrected chi connectivity index (χ1v) is 18.2. The number of carbonyl (C=O) groups is 2. The largest absolute Gasteiger partial charge is 1.00 e. The molecule has 1 rings (SSSR count). The summed E-state index contributed by atoms with van der Waals surface area (Å²) < 4.78 is 19.1. The zero-order valence-electron chi connectivity index (χ0n) is 28.4. The SMILES string of the molecule is CCCCCCCCCCCCCCCCCCOC(=O)N(CC(COCCCC[n+]1ccsc1)OC(=O)NC)C(C)C.[Br-]. The zero-order chi connectivity index (χ0) is 31.4. The van der Waals surface area contributed by atoms with Gasteiger partial charge in [0.05, 0.1) is 25.1 Å². The number of rotatable bonds is 28. The average Bonchev–Trinajstić information content (AvgIpc) is 3.52. The van der Waals surface area contributed by atoms with E-state index in [9.17, 15) is 9.59 Å². The first kappa shape index (κ1) is 42.6. The maximum atomic E-state index is 12.9. The normalized spacial score (nSPS) is 11.7. The van der Waals surface area contributed by atoms with Gasteiger partial charge in [-0.05, 0) is 26.7 Å². The predicted molar refractivity (Wildman–Crippen MR) is 177 cm³/mol. The Morgan fingerprint density at radius 1 is 0.818 bits per heavy atom. The minimum absolute atomic E-state index is 0. The van der Waals surface area contributed by atoms with E-state index in [1.165, 1.54) is 96.9 Å². The molecule has 0 saturated heterocycles. The van der Waals surface area contributed by atoms with Gasteiger partial charge in [-0.15, -0.1) is 0 Å². The van der Waals surface area contributed by atoms with Gasteiger partial charge in [-0.1, -0.05) is 115 Å². The molecular weight excluding hydrogens is 642 g/mol. The van der Waals surface area contributed by atoms with Crippen LogP contribution < -0.4 is 26.9 Å². The summed E-state index contributed by atoms with van der Waals surface area (Å²) in [6.07, 6.45) is 23.5. The van der Waals surface area contributed by atoms with E-state index in [0.29, 0.717) is 13.2 Å². The van der Waals surface area contributed by atoms with Gasteiger partial charge in [0.2, 0.25) is 5.51 Å². The van der Waals surface area contributed by atoms with Gasteiger partial charge in [-0.2, -0.15) is 4.57 Å². The molecule has 0 spiro atoms. The average molecular weight is 707 g/mol. The summed E-state index contributed by atoms with van der Waals surface area (Å²) in [7, 11) is 1.52. The summed E-state index contributed by atoms with van der Waals surface area (Å²) in [5.74, 6) is 0. The van der Waals surface area contributed by atoms with Crippen LogP contribution in [0.5, 0.6) is 0 Å². The number of nitrogens with zero attached hydrogens (tertiary/aromatic N) is 2. The summed E-state index contributed by atoms with van der Waals surface area (Å²) in [6, 6.07) is -0.0864. The molecule has 0 aliphatic rings.